The monoisotopic (exact) mass is 339 g/mol. The molecule has 0 aliphatic heterocycles. The Kier molecular flexibility index (Phi) is 6.79. The highest BCUT2D eigenvalue weighted by atomic mass is 35.5. The number of carbonyl (C=O) groups is 1. The molecule has 1 N–H and O–H groups in total. The van der Waals surface area contributed by atoms with Crippen LogP contribution >= 0.6 is 22.9 Å². The molecule has 0 aliphatic carbocycles. The molecule has 0 bridgehead atoms. The second kappa shape index (κ2) is 8.85. The van der Waals surface area contributed by atoms with E-state index in [0.29, 0.717) is 29.5 Å². The van der Waals surface area contributed by atoms with Crippen LogP contribution in [0.5, 0.6) is 0 Å². The number of hydrogen-bond acceptors (Lipinski definition) is 4. The van der Waals surface area contributed by atoms with Crippen LogP contribution in [0.4, 0.5) is 0 Å². The Labute approximate surface area is 138 Å². The Morgan fingerprint density at radius 1 is 1.45 bits per heavy atom. The second-order valence-electron chi connectivity index (χ2n) is 4.58. The number of hydrogen-bond donors (Lipinski definition) is 1. The third-order valence-electron chi connectivity index (χ3n) is 2.94. The number of thiazole rings is 1. The molecule has 0 aliphatic rings. The minimum Gasteiger partial charge on any atom is -0.383 e. The van der Waals surface area contributed by atoms with Gasteiger partial charge in [0.05, 0.1) is 19.7 Å². The fourth-order valence-electron chi connectivity index (χ4n) is 1.83. The lowest BCUT2D eigenvalue weighted by molar-refractivity contribution is -0.117. The van der Waals surface area contributed by atoms with Crippen LogP contribution in [0.2, 0.25) is 5.02 Å². The van der Waals surface area contributed by atoms with Crippen LogP contribution < -0.4 is 10.1 Å². The van der Waals surface area contributed by atoms with E-state index in [0.717, 1.165) is 5.56 Å². The highest BCUT2D eigenvalue weighted by Gasteiger charge is 2.04. The van der Waals surface area contributed by atoms with Gasteiger partial charge < -0.3 is 14.6 Å². The van der Waals surface area contributed by atoms with Crippen LogP contribution in [0, 0.1) is 0 Å². The first-order valence-corrected chi connectivity index (χ1v) is 8.11. The standard InChI is InChI=1S/C15H18ClN3O2S/c1-21-8-6-17-10-14(20)18-15-19(7-9-22-15)11-12-4-2-3-5-13(12)16/h2-5,7,9,17H,6,8,10-11H2,1H3. The van der Waals surface area contributed by atoms with Gasteiger partial charge in [-0.05, 0) is 11.6 Å². The van der Waals surface area contributed by atoms with Gasteiger partial charge in [0.25, 0.3) is 5.91 Å². The maximum absolute atomic E-state index is 11.8. The number of nitrogens with one attached hydrogen (secondary N) is 1. The average molecular weight is 340 g/mol. The van der Waals surface area contributed by atoms with Gasteiger partial charge in [-0.2, -0.15) is 4.99 Å². The summed E-state index contributed by atoms with van der Waals surface area (Å²) < 4.78 is 6.82. The van der Waals surface area contributed by atoms with Crippen LogP contribution in [0.1, 0.15) is 5.56 Å². The van der Waals surface area contributed by atoms with Gasteiger partial charge in [-0.1, -0.05) is 29.8 Å². The summed E-state index contributed by atoms with van der Waals surface area (Å²) in [5, 5.41) is 5.59. The van der Waals surface area contributed by atoms with Crippen molar-refractivity contribution >= 4 is 28.8 Å². The predicted octanol–water partition coefficient (Wildman–Crippen LogP) is 1.91. The summed E-state index contributed by atoms with van der Waals surface area (Å²) in [6.45, 7) is 1.99. The number of benzene rings is 1. The molecule has 2 aromatic rings. The highest BCUT2D eigenvalue weighted by Crippen LogP contribution is 2.15. The highest BCUT2D eigenvalue weighted by molar-refractivity contribution is 7.07. The lowest BCUT2D eigenvalue weighted by Gasteiger charge is -2.05. The molecule has 1 aromatic heterocycles. The minimum absolute atomic E-state index is 0.202. The third kappa shape index (κ3) is 5.06. The molecule has 1 amide bonds. The maximum Gasteiger partial charge on any atom is 0.262 e. The van der Waals surface area contributed by atoms with Crippen LogP contribution in [0.15, 0.2) is 40.8 Å². The Hall–Kier alpha value is -1.47. The molecule has 1 heterocycles. The molecule has 0 saturated carbocycles. The normalized spacial score (nSPS) is 11.8. The molecule has 0 unspecified atom stereocenters. The van der Waals surface area contributed by atoms with Gasteiger partial charge in [0, 0.05) is 30.3 Å². The van der Waals surface area contributed by atoms with E-state index in [1.807, 2.05) is 40.4 Å². The lowest BCUT2D eigenvalue weighted by atomic mass is 10.2. The summed E-state index contributed by atoms with van der Waals surface area (Å²) in [6.07, 6.45) is 1.90. The Balaban J connectivity index is 2.04. The van der Waals surface area contributed by atoms with E-state index in [1.54, 1.807) is 7.11 Å². The topological polar surface area (TPSA) is 55.6 Å². The molecule has 7 heteroatoms. The van der Waals surface area contributed by atoms with E-state index in [1.165, 1.54) is 11.3 Å². The molecular formula is C15H18ClN3O2S. The van der Waals surface area contributed by atoms with Gasteiger partial charge in [0.2, 0.25) is 0 Å². The molecule has 0 fully saturated rings. The van der Waals surface area contributed by atoms with E-state index in [4.69, 9.17) is 16.3 Å². The van der Waals surface area contributed by atoms with Crippen molar-refractivity contribution in [2.75, 3.05) is 26.8 Å². The van der Waals surface area contributed by atoms with Crippen molar-refractivity contribution in [3.05, 3.63) is 51.2 Å². The number of ether oxygens (including phenoxy) is 1. The Bertz CT molecular complexity index is 681. The molecule has 118 valence electrons. The predicted molar refractivity (Wildman–Crippen MR) is 88.2 cm³/mol. The number of carbonyl (C=O) groups excluding carboxylic acids is 1. The quantitative estimate of drug-likeness (QED) is 0.784. The van der Waals surface area contributed by atoms with Gasteiger partial charge in [0.15, 0.2) is 4.80 Å². The molecule has 22 heavy (non-hydrogen) atoms. The van der Waals surface area contributed by atoms with Gasteiger partial charge in [-0.15, -0.1) is 11.3 Å². The molecule has 2 rings (SSSR count). The van der Waals surface area contributed by atoms with Crippen LogP contribution in [-0.2, 0) is 16.1 Å². The van der Waals surface area contributed by atoms with Crippen molar-refractivity contribution in [1.29, 1.82) is 0 Å². The van der Waals surface area contributed by atoms with Crippen LogP contribution in [-0.4, -0.2) is 37.3 Å². The molecule has 0 atom stereocenters. The minimum atomic E-state index is -0.202. The summed E-state index contributed by atoms with van der Waals surface area (Å²) in [5.74, 6) is -0.202. The number of aromatic nitrogens is 1. The molecule has 1 aromatic carbocycles. The summed E-state index contributed by atoms with van der Waals surface area (Å²) in [4.78, 5) is 16.6. The number of amides is 1. The summed E-state index contributed by atoms with van der Waals surface area (Å²) in [6, 6.07) is 7.65. The fraction of sp³-hybridized carbons (Fsp3) is 0.333. The smallest absolute Gasteiger partial charge is 0.262 e. The van der Waals surface area contributed by atoms with E-state index in [2.05, 4.69) is 10.3 Å². The van der Waals surface area contributed by atoms with Gasteiger partial charge in [-0.3, -0.25) is 4.79 Å². The summed E-state index contributed by atoms with van der Waals surface area (Å²) in [5.41, 5.74) is 0.995. The van der Waals surface area contributed by atoms with Crippen LogP contribution in [0.25, 0.3) is 0 Å². The zero-order valence-corrected chi connectivity index (χ0v) is 13.9. The van der Waals surface area contributed by atoms with Gasteiger partial charge >= 0.3 is 0 Å². The van der Waals surface area contributed by atoms with E-state index in [-0.39, 0.29) is 12.5 Å². The SMILES string of the molecule is COCCNCC(=O)N=c1sccn1Cc1ccccc1Cl. The Morgan fingerprint density at radius 2 is 2.27 bits per heavy atom. The number of nitrogens with zero attached hydrogens (tertiary/aromatic N) is 2. The van der Waals surface area contributed by atoms with Gasteiger partial charge in [0.1, 0.15) is 0 Å². The largest absolute Gasteiger partial charge is 0.383 e. The van der Waals surface area contributed by atoms with Crippen molar-refractivity contribution in [2.24, 2.45) is 4.99 Å². The van der Waals surface area contributed by atoms with Crippen molar-refractivity contribution in [2.45, 2.75) is 6.54 Å². The van der Waals surface area contributed by atoms with Gasteiger partial charge in [-0.25, -0.2) is 0 Å². The van der Waals surface area contributed by atoms with Crippen molar-refractivity contribution in [3.8, 4) is 0 Å². The van der Waals surface area contributed by atoms with E-state index < -0.39 is 0 Å². The fourth-order valence-corrected chi connectivity index (χ4v) is 2.77. The maximum atomic E-state index is 11.8. The summed E-state index contributed by atoms with van der Waals surface area (Å²) in [7, 11) is 1.62. The van der Waals surface area contributed by atoms with Crippen molar-refractivity contribution in [3.63, 3.8) is 0 Å². The molecule has 5 nitrogen and oxygen atoms in total. The average Bonchev–Trinajstić information content (AvgIpc) is 2.93. The lowest BCUT2D eigenvalue weighted by Crippen LogP contribution is -2.27. The number of halogens is 1. The zero-order valence-electron chi connectivity index (χ0n) is 12.3. The van der Waals surface area contributed by atoms with Crippen molar-refractivity contribution in [1.82, 2.24) is 9.88 Å². The third-order valence-corrected chi connectivity index (χ3v) is 4.10. The number of methoxy groups -OCH3 is 1. The molecule has 0 radical (unpaired) electrons. The summed E-state index contributed by atoms with van der Waals surface area (Å²) >= 11 is 7.59. The van der Waals surface area contributed by atoms with Crippen molar-refractivity contribution < 1.29 is 9.53 Å². The molecule has 0 saturated heterocycles. The first-order chi connectivity index (χ1) is 10.7. The van der Waals surface area contributed by atoms with E-state index >= 15 is 0 Å². The first-order valence-electron chi connectivity index (χ1n) is 6.85. The Morgan fingerprint density at radius 3 is 3.05 bits per heavy atom. The molecule has 0 spiro atoms. The first kappa shape index (κ1) is 16.9. The molecular weight excluding hydrogens is 322 g/mol. The van der Waals surface area contributed by atoms with Crippen LogP contribution in [0.3, 0.4) is 0 Å². The van der Waals surface area contributed by atoms with E-state index in [9.17, 15) is 4.79 Å². The number of rotatable bonds is 7. The second-order valence-corrected chi connectivity index (χ2v) is 5.86. The zero-order chi connectivity index (χ0) is 15.8.